The Morgan fingerprint density at radius 2 is 1.78 bits per heavy atom. The molecule has 0 radical (unpaired) electrons. The van der Waals surface area contributed by atoms with Crippen molar-refractivity contribution in [2.24, 2.45) is 0 Å². The third kappa shape index (κ3) is 5.44. The molecular weight excluding hydrogens is 596 g/mol. The van der Waals surface area contributed by atoms with E-state index in [-0.39, 0.29) is 43.0 Å². The van der Waals surface area contributed by atoms with Crippen molar-refractivity contribution < 1.29 is 23.0 Å². The minimum absolute atomic E-state index is 0.0471. The lowest BCUT2D eigenvalue weighted by Crippen LogP contribution is -2.64. The highest BCUT2D eigenvalue weighted by molar-refractivity contribution is 7.12. The number of hydrogen-bond donors (Lipinski definition) is 0. The van der Waals surface area contributed by atoms with Crippen LogP contribution < -0.4 is 19.9 Å². The highest BCUT2D eigenvalue weighted by Gasteiger charge is 2.48. The van der Waals surface area contributed by atoms with E-state index in [1.807, 2.05) is 54.4 Å². The molecule has 232 valence electrons. The Labute approximate surface area is 264 Å². The molecule has 1 aliphatic carbocycles. The number of amides is 1. The second-order valence-corrected chi connectivity index (χ2v) is 12.5. The Kier molecular flexibility index (Phi) is 8.33. The summed E-state index contributed by atoms with van der Waals surface area (Å²) < 4.78 is 43.5. The van der Waals surface area contributed by atoms with Gasteiger partial charge in [0, 0.05) is 27.6 Å². The monoisotopic (exact) mass is 629 g/mol. The van der Waals surface area contributed by atoms with Crippen LogP contribution in [-0.2, 0) is 6.61 Å². The van der Waals surface area contributed by atoms with Crippen molar-refractivity contribution >= 4 is 17.2 Å². The molecule has 45 heavy (non-hydrogen) atoms. The van der Waals surface area contributed by atoms with Gasteiger partial charge in [0.25, 0.3) is 5.91 Å². The number of nitrogens with zero attached hydrogens (tertiary/aromatic N) is 3. The second kappa shape index (κ2) is 12.4. The fraction of sp³-hybridized carbons (Fsp3) is 0.257. The molecule has 2 aromatic carbocycles. The lowest BCUT2D eigenvalue weighted by molar-refractivity contribution is 0.0255. The summed E-state index contributed by atoms with van der Waals surface area (Å²) in [4.78, 5) is 31.3. The van der Waals surface area contributed by atoms with Crippen molar-refractivity contribution in [3.05, 3.63) is 141 Å². The Hall–Kier alpha value is -4.70. The predicted octanol–water partition coefficient (Wildman–Crippen LogP) is 6.89. The van der Waals surface area contributed by atoms with E-state index in [0.29, 0.717) is 18.4 Å². The number of carbonyl (C=O) groups is 1. The standard InChI is InChI=1S/C35H33F2N3O4S/c1-4-20-43-32-25(13-14-26(36)29(32)37)30(28-15-12-23(3)45-28)40-22-38(35(5-2)17-9-18-35)34(42)31-33(27(41)16-19-39(31)40)44-21-24-10-7-6-8-11-24/h4-8,10-16,19,30H,1-2,9,17-18,20-22H2,3H3. The molecule has 4 aromatic rings. The number of ether oxygens (including phenoxy) is 2. The Bertz CT molecular complexity index is 1820. The van der Waals surface area contributed by atoms with Crippen LogP contribution in [0.15, 0.2) is 97.0 Å². The van der Waals surface area contributed by atoms with Gasteiger partial charge in [-0.2, -0.15) is 4.39 Å². The third-order valence-electron chi connectivity index (χ3n) is 8.46. The van der Waals surface area contributed by atoms with Crippen molar-refractivity contribution in [1.82, 2.24) is 9.58 Å². The van der Waals surface area contributed by atoms with Gasteiger partial charge < -0.3 is 14.4 Å². The zero-order valence-corrected chi connectivity index (χ0v) is 25.7. The molecule has 0 spiro atoms. The Morgan fingerprint density at radius 1 is 1.00 bits per heavy atom. The van der Waals surface area contributed by atoms with Crippen molar-refractivity contribution in [3.63, 3.8) is 0 Å². The zero-order valence-electron chi connectivity index (χ0n) is 24.9. The van der Waals surface area contributed by atoms with Crippen LogP contribution in [0.5, 0.6) is 11.5 Å². The van der Waals surface area contributed by atoms with E-state index in [2.05, 4.69) is 13.2 Å². The van der Waals surface area contributed by atoms with E-state index in [1.165, 1.54) is 35.7 Å². The molecule has 0 saturated heterocycles. The van der Waals surface area contributed by atoms with Gasteiger partial charge in [-0.05, 0) is 56.0 Å². The minimum atomic E-state index is -1.12. The summed E-state index contributed by atoms with van der Waals surface area (Å²) in [5.41, 5.74) is 0.141. The summed E-state index contributed by atoms with van der Waals surface area (Å²) in [6.07, 6.45) is 7.09. The van der Waals surface area contributed by atoms with E-state index < -0.39 is 28.6 Å². The molecule has 1 fully saturated rings. The Balaban J connectivity index is 1.57. The Morgan fingerprint density at radius 3 is 2.42 bits per heavy atom. The van der Waals surface area contributed by atoms with E-state index in [9.17, 15) is 14.0 Å². The van der Waals surface area contributed by atoms with Gasteiger partial charge in [-0.25, -0.2) is 4.39 Å². The number of benzene rings is 2. The molecule has 6 rings (SSSR count). The largest absolute Gasteiger partial charge is 0.486 e. The normalized spacial score (nSPS) is 16.0. The fourth-order valence-corrected chi connectivity index (χ4v) is 6.98. The predicted molar refractivity (Wildman–Crippen MR) is 170 cm³/mol. The fourth-order valence-electron chi connectivity index (χ4n) is 5.98. The molecule has 10 heteroatoms. The van der Waals surface area contributed by atoms with Crippen LogP contribution in [0.1, 0.15) is 56.7 Å². The first kappa shape index (κ1) is 30.3. The van der Waals surface area contributed by atoms with Crippen LogP contribution in [0.25, 0.3) is 0 Å². The van der Waals surface area contributed by atoms with Gasteiger partial charge in [0.2, 0.25) is 11.2 Å². The van der Waals surface area contributed by atoms with Crippen molar-refractivity contribution in [2.45, 2.75) is 44.4 Å². The van der Waals surface area contributed by atoms with Crippen LogP contribution in [0.3, 0.4) is 0 Å². The first-order valence-electron chi connectivity index (χ1n) is 14.7. The highest BCUT2D eigenvalue weighted by atomic mass is 32.1. The van der Waals surface area contributed by atoms with Crippen LogP contribution in [0.4, 0.5) is 8.78 Å². The number of thiophene rings is 1. The SMILES string of the molecule is C=CCOc1c(C(c2ccc(C)s2)N2CN(C3(C=C)CCC3)C(=O)c3c(OCc4ccccc4)c(=O)ccn32)ccc(F)c1F. The van der Waals surface area contributed by atoms with E-state index in [1.54, 1.807) is 15.7 Å². The van der Waals surface area contributed by atoms with Crippen molar-refractivity contribution in [3.8, 4) is 11.5 Å². The summed E-state index contributed by atoms with van der Waals surface area (Å²) in [6.45, 7) is 9.78. The molecule has 1 unspecified atom stereocenters. The van der Waals surface area contributed by atoms with Crippen LogP contribution in [-0.4, -0.2) is 34.3 Å². The van der Waals surface area contributed by atoms with Crippen molar-refractivity contribution in [1.29, 1.82) is 0 Å². The van der Waals surface area contributed by atoms with Gasteiger partial charge in [-0.3, -0.25) is 19.3 Å². The number of carbonyl (C=O) groups excluding carboxylic acids is 1. The zero-order chi connectivity index (χ0) is 31.7. The van der Waals surface area contributed by atoms with Crippen LogP contribution >= 0.6 is 11.3 Å². The molecule has 3 heterocycles. The van der Waals surface area contributed by atoms with Crippen molar-refractivity contribution in [2.75, 3.05) is 18.3 Å². The van der Waals surface area contributed by atoms with Crippen LogP contribution in [0, 0.1) is 18.6 Å². The average Bonchev–Trinajstić information content (AvgIpc) is 3.45. The van der Waals surface area contributed by atoms with Gasteiger partial charge >= 0.3 is 0 Å². The maximum absolute atomic E-state index is 15.5. The van der Waals surface area contributed by atoms with Gasteiger partial charge in [0.1, 0.15) is 25.9 Å². The van der Waals surface area contributed by atoms with E-state index in [4.69, 9.17) is 9.47 Å². The number of rotatable bonds is 11. The second-order valence-electron chi connectivity index (χ2n) is 11.2. The molecule has 0 bridgehead atoms. The van der Waals surface area contributed by atoms with E-state index in [0.717, 1.165) is 27.8 Å². The van der Waals surface area contributed by atoms with Gasteiger partial charge in [0.15, 0.2) is 23.0 Å². The number of aromatic nitrogens is 1. The summed E-state index contributed by atoms with van der Waals surface area (Å²) in [6, 6.07) is 16.4. The minimum Gasteiger partial charge on any atom is -0.486 e. The molecule has 1 saturated carbocycles. The molecule has 7 nitrogen and oxygen atoms in total. The summed E-state index contributed by atoms with van der Waals surface area (Å²) in [5.74, 6) is -2.88. The average molecular weight is 630 g/mol. The smallest absolute Gasteiger partial charge is 0.278 e. The quantitative estimate of drug-likeness (QED) is 0.169. The first-order chi connectivity index (χ1) is 21.8. The summed E-state index contributed by atoms with van der Waals surface area (Å²) in [7, 11) is 0. The van der Waals surface area contributed by atoms with Crippen LogP contribution in [0.2, 0.25) is 0 Å². The topological polar surface area (TPSA) is 64.0 Å². The molecule has 1 amide bonds. The number of pyridine rings is 1. The first-order valence-corrected chi connectivity index (χ1v) is 15.5. The maximum atomic E-state index is 15.5. The summed E-state index contributed by atoms with van der Waals surface area (Å²) >= 11 is 1.49. The number of fused-ring (bicyclic) bond motifs is 1. The molecular formula is C35H33F2N3O4S. The molecule has 2 aliphatic rings. The molecule has 1 atom stereocenters. The van der Waals surface area contributed by atoms with Gasteiger partial charge in [-0.15, -0.1) is 17.9 Å². The lowest BCUT2D eigenvalue weighted by Gasteiger charge is -2.53. The summed E-state index contributed by atoms with van der Waals surface area (Å²) in [5, 5.41) is 1.87. The molecule has 0 N–H and O–H groups in total. The number of aryl methyl sites for hydroxylation is 1. The highest BCUT2D eigenvalue weighted by Crippen LogP contribution is 2.45. The third-order valence-corrected chi connectivity index (χ3v) is 9.51. The number of halogens is 2. The number of hydrogen-bond acceptors (Lipinski definition) is 6. The maximum Gasteiger partial charge on any atom is 0.278 e. The molecule has 2 aromatic heterocycles. The lowest BCUT2D eigenvalue weighted by atomic mass is 9.75. The van der Waals surface area contributed by atoms with Gasteiger partial charge in [-0.1, -0.05) is 49.1 Å². The van der Waals surface area contributed by atoms with E-state index >= 15 is 4.39 Å². The molecule has 1 aliphatic heterocycles. The van der Waals surface area contributed by atoms with Gasteiger partial charge in [0.05, 0.1) is 5.54 Å².